The van der Waals surface area contributed by atoms with Gasteiger partial charge in [0.15, 0.2) is 17.3 Å². The molecule has 3 amide bonds. The molecule has 2 N–H and O–H groups in total. The molecule has 2 saturated heterocycles. The number of benzene rings is 3. The van der Waals surface area contributed by atoms with E-state index in [0.29, 0.717) is 42.9 Å². The highest BCUT2D eigenvalue weighted by Gasteiger charge is 2.36. The van der Waals surface area contributed by atoms with Crippen molar-refractivity contribution in [3.63, 3.8) is 0 Å². The molecule has 4 aromatic rings. The Balaban J connectivity index is 1.27. The standard InChI is InChI=1S/C38H42FN5O7/c1-37(2,3)50-35(47)40-23-11-13-42(18-23)31-27(39)17-25-30-33(31)49-29-16-22-10-8-7-9-21(22)15-28(29)44(30)20-26(32(25)45)34(46)43-14-12-24(19-43)41-36(48)51-38(4,5)6/h7-10,15-17,20,23-24H,11-14,18-19H2,1-6H3,(H,40,47)(H,41,48). The molecular formula is C38H42FN5O7. The van der Waals surface area contributed by atoms with Gasteiger partial charge in [0.2, 0.25) is 5.43 Å². The first-order valence-corrected chi connectivity index (χ1v) is 17.2. The fourth-order valence-corrected chi connectivity index (χ4v) is 7.00. The van der Waals surface area contributed by atoms with Gasteiger partial charge in [0, 0.05) is 32.4 Å². The first-order valence-electron chi connectivity index (χ1n) is 17.2. The van der Waals surface area contributed by atoms with Gasteiger partial charge in [0.25, 0.3) is 5.91 Å². The van der Waals surface area contributed by atoms with Gasteiger partial charge in [0.05, 0.1) is 23.2 Å². The van der Waals surface area contributed by atoms with Crippen molar-refractivity contribution in [2.75, 3.05) is 31.1 Å². The molecule has 7 rings (SSSR count). The van der Waals surface area contributed by atoms with E-state index in [1.165, 1.54) is 17.2 Å². The summed E-state index contributed by atoms with van der Waals surface area (Å²) in [5, 5.41) is 7.50. The van der Waals surface area contributed by atoms with E-state index >= 15 is 4.39 Å². The van der Waals surface area contributed by atoms with Gasteiger partial charge in [-0.25, -0.2) is 14.0 Å². The Morgan fingerprint density at radius 2 is 1.47 bits per heavy atom. The molecule has 0 aliphatic carbocycles. The molecular weight excluding hydrogens is 657 g/mol. The van der Waals surface area contributed by atoms with Crippen LogP contribution in [-0.4, -0.2) is 77.0 Å². The van der Waals surface area contributed by atoms with Crippen LogP contribution in [0.15, 0.2) is 53.5 Å². The minimum absolute atomic E-state index is 0.00108. The van der Waals surface area contributed by atoms with Crippen LogP contribution >= 0.6 is 0 Å². The summed E-state index contributed by atoms with van der Waals surface area (Å²) in [6.45, 7) is 11.9. The van der Waals surface area contributed by atoms with Crippen LogP contribution in [0.4, 0.5) is 19.7 Å². The Morgan fingerprint density at radius 3 is 2.12 bits per heavy atom. The van der Waals surface area contributed by atoms with E-state index in [9.17, 15) is 19.2 Å². The highest BCUT2D eigenvalue weighted by Crippen LogP contribution is 2.48. The van der Waals surface area contributed by atoms with E-state index in [-0.39, 0.29) is 47.6 Å². The lowest BCUT2D eigenvalue weighted by atomic mass is 10.0. The molecule has 1 aromatic heterocycles. The number of pyridine rings is 1. The average molecular weight is 700 g/mol. The molecule has 0 saturated carbocycles. The number of nitrogens with one attached hydrogen (secondary N) is 2. The fraction of sp³-hybridized carbons (Fsp3) is 0.421. The van der Waals surface area contributed by atoms with E-state index in [0.717, 1.165) is 10.8 Å². The van der Waals surface area contributed by atoms with Crippen molar-refractivity contribution >= 4 is 45.5 Å². The minimum Gasteiger partial charge on any atom is -0.451 e. The van der Waals surface area contributed by atoms with Crippen LogP contribution in [0.5, 0.6) is 11.5 Å². The monoisotopic (exact) mass is 699 g/mol. The molecule has 3 aliphatic heterocycles. The van der Waals surface area contributed by atoms with Crippen LogP contribution in [0.2, 0.25) is 0 Å². The van der Waals surface area contributed by atoms with Crippen molar-refractivity contribution in [2.45, 2.75) is 77.7 Å². The minimum atomic E-state index is -0.685. The summed E-state index contributed by atoms with van der Waals surface area (Å²) < 4.78 is 35.4. The van der Waals surface area contributed by atoms with Crippen molar-refractivity contribution < 1.29 is 33.0 Å². The number of anilines is 1. The SMILES string of the molecule is CC(C)(C)OC(=O)NC1CCN(C(=O)c2cn3c4c(c(N5CCC(NC(=O)OC(C)(C)C)C5)c(F)cc4c2=O)Oc2cc4ccccc4cc2-3)C1. The molecule has 13 heteroatoms. The second-order valence-corrected chi connectivity index (χ2v) is 15.4. The molecule has 4 heterocycles. The second kappa shape index (κ2) is 12.5. The molecule has 0 bridgehead atoms. The van der Waals surface area contributed by atoms with E-state index in [2.05, 4.69) is 10.6 Å². The molecule has 3 aliphatic rings. The van der Waals surface area contributed by atoms with Gasteiger partial charge in [-0.2, -0.15) is 0 Å². The molecule has 0 spiro atoms. The summed E-state index contributed by atoms with van der Waals surface area (Å²) in [7, 11) is 0. The van der Waals surface area contributed by atoms with Crippen LogP contribution in [0.25, 0.3) is 27.4 Å². The van der Waals surface area contributed by atoms with E-state index in [1.54, 1.807) is 51.0 Å². The number of halogens is 1. The number of hydrogen-bond acceptors (Lipinski definition) is 8. The third-order valence-electron chi connectivity index (χ3n) is 9.12. The summed E-state index contributed by atoms with van der Waals surface area (Å²) >= 11 is 0. The molecule has 3 aromatic carbocycles. The first-order chi connectivity index (χ1) is 24.0. The van der Waals surface area contributed by atoms with Gasteiger partial charge in [-0.1, -0.05) is 24.3 Å². The number of carbonyl (C=O) groups is 3. The second-order valence-electron chi connectivity index (χ2n) is 15.4. The summed E-state index contributed by atoms with van der Waals surface area (Å²) in [6.07, 6.45) is 1.40. The maximum absolute atomic E-state index is 16.4. The van der Waals surface area contributed by atoms with Crippen LogP contribution in [0.3, 0.4) is 0 Å². The van der Waals surface area contributed by atoms with Crippen LogP contribution in [0, 0.1) is 5.82 Å². The predicted octanol–water partition coefficient (Wildman–Crippen LogP) is 6.23. The summed E-state index contributed by atoms with van der Waals surface area (Å²) in [6, 6.07) is 12.0. The summed E-state index contributed by atoms with van der Waals surface area (Å²) in [4.78, 5) is 56.4. The smallest absolute Gasteiger partial charge is 0.407 e. The molecule has 268 valence electrons. The molecule has 12 nitrogen and oxygen atoms in total. The summed E-state index contributed by atoms with van der Waals surface area (Å²) in [5.74, 6) is -0.614. The van der Waals surface area contributed by atoms with E-state index in [1.807, 2.05) is 36.4 Å². The number of hydrogen-bond donors (Lipinski definition) is 2. The number of alkyl carbamates (subject to hydrolysis) is 2. The maximum atomic E-state index is 16.4. The topological polar surface area (TPSA) is 131 Å². The molecule has 51 heavy (non-hydrogen) atoms. The van der Waals surface area contributed by atoms with Crippen molar-refractivity contribution in [2.24, 2.45) is 0 Å². The third kappa shape index (κ3) is 6.76. The summed E-state index contributed by atoms with van der Waals surface area (Å²) in [5.41, 5.74) is -0.994. The number of ether oxygens (including phenoxy) is 3. The quantitative estimate of drug-likeness (QED) is 0.226. The number of aromatic nitrogens is 1. The Morgan fingerprint density at radius 1 is 0.863 bits per heavy atom. The molecule has 0 radical (unpaired) electrons. The highest BCUT2D eigenvalue weighted by molar-refractivity contribution is 6.02. The lowest BCUT2D eigenvalue weighted by Crippen LogP contribution is -2.41. The molecule has 2 unspecified atom stereocenters. The van der Waals surface area contributed by atoms with Crippen LogP contribution in [-0.2, 0) is 9.47 Å². The maximum Gasteiger partial charge on any atom is 0.407 e. The number of carbonyl (C=O) groups excluding carboxylic acids is 3. The van der Waals surface area contributed by atoms with Crippen LogP contribution in [0.1, 0.15) is 64.7 Å². The van der Waals surface area contributed by atoms with E-state index < -0.39 is 40.5 Å². The fourth-order valence-electron chi connectivity index (χ4n) is 7.00. The number of fused-ring (bicyclic) bond motifs is 3. The Bertz CT molecular complexity index is 2150. The largest absolute Gasteiger partial charge is 0.451 e. The Kier molecular flexibility index (Phi) is 8.34. The lowest BCUT2D eigenvalue weighted by molar-refractivity contribution is 0.0494. The first kappa shape index (κ1) is 34.1. The van der Waals surface area contributed by atoms with Crippen molar-refractivity contribution in [1.82, 2.24) is 20.1 Å². The molecule has 2 atom stereocenters. The number of amides is 3. The zero-order valence-electron chi connectivity index (χ0n) is 29.6. The molecule has 2 fully saturated rings. The Hall–Kier alpha value is -5.33. The van der Waals surface area contributed by atoms with Gasteiger partial charge in [-0.3, -0.25) is 9.59 Å². The van der Waals surface area contributed by atoms with E-state index in [4.69, 9.17) is 14.2 Å². The highest BCUT2D eigenvalue weighted by atomic mass is 19.1. The third-order valence-corrected chi connectivity index (χ3v) is 9.12. The zero-order chi connectivity index (χ0) is 36.4. The number of likely N-dealkylation sites (tertiary alicyclic amines) is 1. The number of rotatable bonds is 4. The normalized spacial score (nSPS) is 18.4. The van der Waals surface area contributed by atoms with Crippen molar-refractivity contribution in [1.29, 1.82) is 0 Å². The van der Waals surface area contributed by atoms with Gasteiger partial charge >= 0.3 is 12.2 Å². The number of nitrogens with zero attached hydrogens (tertiary/aromatic N) is 3. The van der Waals surface area contributed by atoms with Gasteiger partial charge in [-0.05, 0) is 83.4 Å². The van der Waals surface area contributed by atoms with Crippen LogP contribution < -0.4 is 25.7 Å². The van der Waals surface area contributed by atoms with Gasteiger partial charge in [0.1, 0.15) is 28.0 Å². The van der Waals surface area contributed by atoms with Gasteiger partial charge in [-0.15, -0.1) is 0 Å². The lowest BCUT2D eigenvalue weighted by Gasteiger charge is -2.30. The van der Waals surface area contributed by atoms with Crippen molar-refractivity contribution in [3.8, 4) is 17.2 Å². The Labute approximate surface area is 294 Å². The van der Waals surface area contributed by atoms with Crippen molar-refractivity contribution in [3.05, 3.63) is 70.3 Å². The average Bonchev–Trinajstić information content (AvgIpc) is 3.68. The van der Waals surface area contributed by atoms with Gasteiger partial charge < -0.3 is 39.2 Å². The zero-order valence-corrected chi connectivity index (χ0v) is 29.6. The predicted molar refractivity (Wildman–Crippen MR) is 191 cm³/mol.